The maximum absolute atomic E-state index is 13.4. The number of hydrazine groups is 1. The van der Waals surface area contributed by atoms with Gasteiger partial charge < -0.3 is 54.7 Å². The number of benzene rings is 2. The van der Waals surface area contributed by atoms with Crippen molar-refractivity contribution in [2.75, 3.05) is 26.4 Å². The van der Waals surface area contributed by atoms with Gasteiger partial charge in [0.25, 0.3) is 0 Å². The first-order valence-electron chi connectivity index (χ1n) is 30.4. The molecule has 17 atom stereocenters. The summed E-state index contributed by atoms with van der Waals surface area (Å²) in [5.41, 5.74) is 9.14. The Balaban J connectivity index is 0.859. The summed E-state index contributed by atoms with van der Waals surface area (Å²) < 4.78 is 28.1. The van der Waals surface area contributed by atoms with E-state index in [9.17, 15) is 45.3 Å². The standard InChI is InChI=1S/C63H82N2O13/c1-33-46(34(2)68)50(70)47-39(49(33)69)22-35(54(73)74)23-43(47)76-55-51(71)53(72)63(45(27-67)77-55)25-42-48-40(11-12-41(48)61(78-63)15-4-3-5-16-61)59(20-21-66)32-75-28-36-24-57-29-58(26-44(57)64-65-62(42,31-57)52(36)59)17-13-38-9-6-8-37-10-7-14-56(37)18-19-60(38,58)30-56/h11,22-23,36-38,42,44-45,51-53,55,64-67,69-72H,3-10,12-21,24-32H2,1-2H3,(H,73,74)/t36-,37+,38+,42-,44-,45-,51-,52+,53-,55-,56-,57-,58+,59-,60-,62-,63-/m1/s1. The fraction of sp³-hybridized carbons (Fsp3) is 0.746. The molecule has 2 aromatic rings. The smallest absolute Gasteiger partial charge is 0.335 e. The highest BCUT2D eigenvalue weighted by Crippen LogP contribution is 2.82. The topological polar surface area (TPSA) is 237 Å². The molecule has 8 saturated carbocycles. The minimum atomic E-state index is -1.83. The van der Waals surface area contributed by atoms with Crippen LogP contribution >= 0.6 is 0 Å². The number of rotatable bonds is 7. The molecule has 3 saturated heterocycles. The average molecular weight is 1080 g/mol. The van der Waals surface area contributed by atoms with Crippen molar-refractivity contribution in [2.24, 2.45) is 56.7 Å². The second kappa shape index (κ2) is 17.2. The number of phenolic OH excluding ortho intramolecular Hbond substituents is 2. The number of aliphatic hydroxyl groups is 4. The molecule has 7 spiro atoms. The third-order valence-electron chi connectivity index (χ3n) is 25.7. The molecule has 15 heteroatoms. The third kappa shape index (κ3) is 6.38. The van der Waals surface area contributed by atoms with Crippen molar-refractivity contribution >= 4 is 22.5 Å². The Morgan fingerprint density at radius 2 is 1.67 bits per heavy atom. The number of hydrogen-bond acceptors (Lipinski definition) is 14. The Kier molecular flexibility index (Phi) is 11.3. The summed E-state index contributed by atoms with van der Waals surface area (Å²) in [6.07, 6.45) is 20.9. The van der Waals surface area contributed by atoms with Crippen molar-refractivity contribution in [3.8, 4) is 17.2 Å². The summed E-state index contributed by atoms with van der Waals surface area (Å²) in [4.78, 5) is 25.6. The molecule has 11 fully saturated rings. The molecule has 0 radical (unpaired) electrons. The van der Waals surface area contributed by atoms with Gasteiger partial charge in [0.1, 0.15) is 41.2 Å². The lowest BCUT2D eigenvalue weighted by molar-refractivity contribution is -0.346. The second-order valence-corrected chi connectivity index (χ2v) is 28.4. The Labute approximate surface area is 456 Å². The van der Waals surface area contributed by atoms with Crippen LogP contribution in [-0.4, -0.2) is 121 Å². The summed E-state index contributed by atoms with van der Waals surface area (Å²) in [5, 5.41) is 82.5. The van der Waals surface area contributed by atoms with Gasteiger partial charge in [-0.25, -0.2) is 4.79 Å². The summed E-state index contributed by atoms with van der Waals surface area (Å²) >= 11 is 0. The predicted molar refractivity (Wildman–Crippen MR) is 286 cm³/mol. The largest absolute Gasteiger partial charge is 0.507 e. The van der Waals surface area contributed by atoms with Crippen LogP contribution in [0.2, 0.25) is 0 Å². The van der Waals surface area contributed by atoms with Gasteiger partial charge in [0.05, 0.1) is 35.3 Å². The number of carbonyl (C=O) groups excluding carboxylic acids is 1. The number of allylic oxidation sites excluding steroid dienone is 1. The van der Waals surface area contributed by atoms with Crippen molar-refractivity contribution in [1.29, 1.82) is 0 Å². The molecule has 15 rings (SSSR count). The maximum Gasteiger partial charge on any atom is 0.335 e. The number of aromatic hydroxyl groups is 2. The quantitative estimate of drug-likeness (QED) is 0.0936. The summed E-state index contributed by atoms with van der Waals surface area (Å²) in [6.45, 7) is 3.23. The van der Waals surface area contributed by atoms with E-state index < -0.39 is 76.6 Å². The molecule has 0 unspecified atom stereocenters. The van der Waals surface area contributed by atoms with E-state index >= 15 is 0 Å². The molecule has 2 aromatic carbocycles. The number of fused-ring (bicyclic) bond motifs is 3. The van der Waals surface area contributed by atoms with E-state index in [0.717, 1.165) is 50.0 Å². The first-order valence-corrected chi connectivity index (χ1v) is 30.4. The molecule has 4 bridgehead atoms. The first kappa shape index (κ1) is 51.3. The molecule has 9 N–H and O–H groups in total. The van der Waals surface area contributed by atoms with E-state index in [1.165, 1.54) is 120 Å². The molecule has 0 amide bonds. The van der Waals surface area contributed by atoms with Crippen LogP contribution in [0, 0.1) is 63.6 Å². The summed E-state index contributed by atoms with van der Waals surface area (Å²) in [5.74, 6) is -1.57. The van der Waals surface area contributed by atoms with Crippen LogP contribution in [0.4, 0.5) is 0 Å². The highest BCUT2D eigenvalue weighted by atomic mass is 16.7. The Morgan fingerprint density at radius 3 is 2.45 bits per heavy atom. The number of aromatic carboxylic acids is 1. The normalized spacial score (nSPS) is 46.3. The Morgan fingerprint density at radius 1 is 0.859 bits per heavy atom. The molecule has 422 valence electrons. The van der Waals surface area contributed by atoms with Gasteiger partial charge in [0.15, 0.2) is 5.78 Å². The predicted octanol–water partition coefficient (Wildman–Crippen LogP) is 8.35. The van der Waals surface area contributed by atoms with Gasteiger partial charge in [-0.2, -0.15) is 0 Å². The monoisotopic (exact) mass is 1070 g/mol. The highest BCUT2D eigenvalue weighted by molar-refractivity contribution is 6.11. The van der Waals surface area contributed by atoms with Crippen LogP contribution in [0.15, 0.2) is 34.9 Å². The van der Waals surface area contributed by atoms with Gasteiger partial charge in [0.2, 0.25) is 6.29 Å². The summed E-state index contributed by atoms with van der Waals surface area (Å²) in [6, 6.07) is 2.58. The third-order valence-corrected chi connectivity index (χ3v) is 25.7. The number of Topliss-reactive ketones (excluding diaryl/α,β-unsaturated/α-hetero) is 1. The lowest BCUT2D eigenvalue weighted by Gasteiger charge is -2.71. The SMILES string of the molecule is CC(=O)c1c(C)c(O)c2cc(C(=O)O)cc(O[C@@H]3O[C@H](CO)[C@]4(C[C@@H]5C6=C(CC=C6[C@@]6(CCO)COC[C@H]7C[C@@]89C[C@]5(NN[C@@H]8C[C@@]5(CC[C@@H]8CCC[C@H]%10CCC[C@]%10%11CC[C@@]85C%11)C9)[C@@H]76)C5(CCCCC5)O4)[C@H](O)[C@H]3O)c2c1O. The molecular weight excluding hydrogens is 993 g/mol. The minimum absolute atomic E-state index is 0.0142. The lowest BCUT2D eigenvalue weighted by atomic mass is 9.39. The second-order valence-electron chi connectivity index (χ2n) is 28.4. The number of carbonyl (C=O) groups is 2. The van der Waals surface area contributed by atoms with Gasteiger partial charge in [-0.15, -0.1) is 0 Å². The van der Waals surface area contributed by atoms with Gasteiger partial charge >= 0.3 is 5.97 Å². The Hall–Kier alpha value is -3.64. The zero-order valence-corrected chi connectivity index (χ0v) is 45.7. The number of ketones is 1. The fourth-order valence-corrected chi connectivity index (χ4v) is 23.2. The van der Waals surface area contributed by atoms with Crippen LogP contribution < -0.4 is 15.6 Å². The fourth-order valence-electron chi connectivity index (χ4n) is 23.2. The molecule has 0 aromatic heterocycles. The van der Waals surface area contributed by atoms with E-state index in [1.807, 2.05) is 0 Å². The number of phenols is 2. The van der Waals surface area contributed by atoms with Gasteiger partial charge in [-0.05, 0) is 204 Å². The van der Waals surface area contributed by atoms with E-state index in [1.54, 1.807) is 0 Å². The van der Waals surface area contributed by atoms with Crippen molar-refractivity contribution < 1.29 is 64.3 Å². The van der Waals surface area contributed by atoms with Crippen LogP contribution in [-0.2, 0) is 14.2 Å². The number of aliphatic hydroxyl groups excluding tert-OH is 4. The van der Waals surface area contributed by atoms with E-state index in [0.29, 0.717) is 49.7 Å². The Bertz CT molecular complexity index is 2960. The maximum atomic E-state index is 13.4. The molecule has 78 heavy (non-hydrogen) atoms. The zero-order valence-electron chi connectivity index (χ0n) is 45.7. The molecule has 15 nitrogen and oxygen atoms in total. The molecule has 9 aliphatic carbocycles. The van der Waals surface area contributed by atoms with Crippen LogP contribution in [0.25, 0.3) is 10.8 Å². The number of nitrogens with one attached hydrogen (secondary N) is 2. The van der Waals surface area contributed by atoms with Crippen molar-refractivity contribution in [3.05, 3.63) is 51.6 Å². The van der Waals surface area contributed by atoms with Crippen LogP contribution in [0.5, 0.6) is 17.2 Å². The lowest BCUT2D eigenvalue weighted by Crippen LogP contribution is -2.81. The average Bonchev–Trinajstić information content (AvgIpc) is 2.34. The van der Waals surface area contributed by atoms with Crippen LogP contribution in [0.3, 0.4) is 0 Å². The van der Waals surface area contributed by atoms with E-state index in [-0.39, 0.29) is 80.9 Å². The van der Waals surface area contributed by atoms with Crippen molar-refractivity contribution in [1.82, 2.24) is 10.9 Å². The van der Waals surface area contributed by atoms with Gasteiger partial charge in [0, 0.05) is 47.1 Å². The van der Waals surface area contributed by atoms with Crippen molar-refractivity contribution in [2.45, 2.75) is 209 Å². The van der Waals surface area contributed by atoms with E-state index in [2.05, 4.69) is 16.9 Å². The zero-order chi connectivity index (χ0) is 53.7. The summed E-state index contributed by atoms with van der Waals surface area (Å²) in [7, 11) is 0. The molecule has 4 heterocycles. The van der Waals surface area contributed by atoms with Crippen LogP contribution in [0.1, 0.15) is 181 Å². The van der Waals surface area contributed by atoms with Gasteiger partial charge in [-0.3, -0.25) is 15.6 Å². The molecule has 13 aliphatic rings. The molecule has 4 aliphatic heterocycles. The highest BCUT2D eigenvalue weighted by Gasteiger charge is 2.79. The number of hydrogen-bond donors (Lipinski definition) is 9. The minimum Gasteiger partial charge on any atom is -0.507 e. The number of carboxylic acids is 1. The van der Waals surface area contributed by atoms with Gasteiger partial charge in [-0.1, -0.05) is 38.2 Å². The van der Waals surface area contributed by atoms with Crippen molar-refractivity contribution in [3.63, 3.8) is 0 Å². The van der Waals surface area contributed by atoms with E-state index in [4.69, 9.17) is 18.9 Å². The number of carboxylic acid groups (broad SMARTS) is 1. The number of ether oxygens (including phenoxy) is 4. The first-order chi connectivity index (χ1) is 37.5. The molecular formula is C63H82N2O13.